The van der Waals surface area contributed by atoms with Crippen LogP contribution in [-0.2, 0) is 9.53 Å². The second kappa shape index (κ2) is 6.58. The van der Waals surface area contributed by atoms with Crippen LogP contribution in [0.4, 0.5) is 4.79 Å². The van der Waals surface area contributed by atoms with Crippen LogP contribution in [0.5, 0.6) is 0 Å². The van der Waals surface area contributed by atoms with Gasteiger partial charge in [-0.25, -0.2) is 4.79 Å². The third-order valence-corrected chi connectivity index (χ3v) is 2.05. The number of alkyl carbamates (subject to hydrolysis) is 1. The van der Waals surface area contributed by atoms with Crippen molar-refractivity contribution in [3.8, 4) is 0 Å². The lowest BCUT2D eigenvalue weighted by Crippen LogP contribution is -2.36. The maximum atomic E-state index is 11.2. The Morgan fingerprint density at radius 2 is 2.00 bits per heavy atom. The van der Waals surface area contributed by atoms with Crippen LogP contribution in [-0.4, -0.2) is 35.2 Å². The summed E-state index contributed by atoms with van der Waals surface area (Å²) in [5.74, 6) is -1.04. The van der Waals surface area contributed by atoms with E-state index in [1.165, 1.54) is 0 Å². The van der Waals surface area contributed by atoms with E-state index in [4.69, 9.17) is 21.4 Å². The number of ether oxygens (including phenoxy) is 1. The van der Waals surface area contributed by atoms with Crippen molar-refractivity contribution in [1.29, 1.82) is 0 Å². The summed E-state index contributed by atoms with van der Waals surface area (Å²) >= 11 is 5.57. The molecule has 0 heterocycles. The number of carboxylic acid groups (broad SMARTS) is 1. The van der Waals surface area contributed by atoms with Gasteiger partial charge in [0, 0.05) is 18.3 Å². The molecule has 1 atom stereocenters. The Morgan fingerprint density at radius 1 is 1.44 bits per heavy atom. The first-order chi connectivity index (χ1) is 7.24. The Hall–Kier alpha value is -0.970. The Labute approximate surface area is 100 Å². The van der Waals surface area contributed by atoms with Gasteiger partial charge in [-0.05, 0) is 20.8 Å². The summed E-state index contributed by atoms with van der Waals surface area (Å²) in [6.07, 6.45) is -0.632. The number of nitrogens with one attached hydrogen (secondary N) is 1. The summed E-state index contributed by atoms with van der Waals surface area (Å²) < 4.78 is 5.00. The lowest BCUT2D eigenvalue weighted by molar-refractivity contribution is -0.137. The van der Waals surface area contributed by atoms with E-state index in [-0.39, 0.29) is 24.8 Å². The summed E-state index contributed by atoms with van der Waals surface area (Å²) in [7, 11) is 0. The van der Waals surface area contributed by atoms with Gasteiger partial charge in [-0.3, -0.25) is 4.79 Å². The van der Waals surface area contributed by atoms with Crippen molar-refractivity contribution in [2.75, 3.05) is 12.4 Å². The molecule has 1 amide bonds. The zero-order chi connectivity index (χ0) is 12.8. The van der Waals surface area contributed by atoms with Gasteiger partial charge in [0.25, 0.3) is 0 Å². The highest BCUT2D eigenvalue weighted by molar-refractivity contribution is 6.18. The molecule has 0 saturated carbocycles. The van der Waals surface area contributed by atoms with Crippen molar-refractivity contribution in [3.63, 3.8) is 0 Å². The number of alkyl halides is 1. The third kappa shape index (κ3) is 8.35. The Balaban J connectivity index is 3.93. The number of carboxylic acids is 1. The Bertz CT molecular complexity index is 250. The van der Waals surface area contributed by atoms with Crippen LogP contribution >= 0.6 is 11.6 Å². The van der Waals surface area contributed by atoms with E-state index < -0.39 is 17.7 Å². The van der Waals surface area contributed by atoms with Crippen LogP contribution in [0.1, 0.15) is 27.2 Å². The fourth-order valence-corrected chi connectivity index (χ4v) is 1.19. The summed E-state index contributed by atoms with van der Waals surface area (Å²) in [6, 6.07) is 0. The molecular weight excluding hydrogens is 234 g/mol. The highest BCUT2D eigenvalue weighted by Gasteiger charge is 2.18. The lowest BCUT2D eigenvalue weighted by Gasteiger charge is -2.20. The molecule has 5 nitrogen and oxygen atoms in total. The van der Waals surface area contributed by atoms with Crippen molar-refractivity contribution >= 4 is 23.7 Å². The average molecular weight is 252 g/mol. The van der Waals surface area contributed by atoms with Crippen molar-refractivity contribution in [3.05, 3.63) is 0 Å². The quantitative estimate of drug-likeness (QED) is 0.731. The standard InChI is InChI=1S/C10H18ClNO4/c1-10(2,3)16-9(15)12-6-7(5-11)4-8(13)14/h7H,4-6H2,1-3H3,(H,12,15)(H,13,14)/t7-/m1/s1. The molecule has 0 aromatic heterocycles. The first-order valence-corrected chi connectivity index (χ1v) is 5.52. The van der Waals surface area contributed by atoms with Crippen LogP contribution in [0, 0.1) is 5.92 Å². The molecule has 0 aromatic carbocycles. The normalized spacial score (nSPS) is 13.0. The van der Waals surface area contributed by atoms with Gasteiger partial charge in [-0.1, -0.05) is 0 Å². The van der Waals surface area contributed by atoms with Gasteiger partial charge in [-0.15, -0.1) is 11.6 Å². The molecule has 0 aliphatic heterocycles. The number of rotatable bonds is 5. The topological polar surface area (TPSA) is 75.6 Å². The number of carbonyl (C=O) groups is 2. The van der Waals surface area contributed by atoms with Gasteiger partial charge in [0.15, 0.2) is 0 Å². The number of amides is 1. The second-order valence-corrected chi connectivity index (χ2v) is 4.81. The fraction of sp³-hybridized carbons (Fsp3) is 0.800. The third-order valence-electron chi connectivity index (χ3n) is 1.62. The molecule has 0 fully saturated rings. The van der Waals surface area contributed by atoms with E-state index in [2.05, 4.69) is 5.32 Å². The largest absolute Gasteiger partial charge is 0.481 e. The van der Waals surface area contributed by atoms with Gasteiger partial charge in [0.05, 0.1) is 6.42 Å². The molecule has 16 heavy (non-hydrogen) atoms. The summed E-state index contributed by atoms with van der Waals surface area (Å²) in [4.78, 5) is 21.7. The van der Waals surface area contributed by atoms with Gasteiger partial charge in [0.1, 0.15) is 5.60 Å². The van der Waals surface area contributed by atoms with Gasteiger partial charge >= 0.3 is 12.1 Å². The first kappa shape index (κ1) is 15.0. The van der Waals surface area contributed by atoms with Gasteiger partial charge < -0.3 is 15.2 Å². The van der Waals surface area contributed by atoms with Crippen LogP contribution in [0.25, 0.3) is 0 Å². The summed E-state index contributed by atoms with van der Waals surface area (Å²) in [5, 5.41) is 11.1. The molecule has 94 valence electrons. The predicted molar refractivity (Wildman–Crippen MR) is 60.7 cm³/mol. The lowest BCUT2D eigenvalue weighted by atomic mass is 10.1. The van der Waals surface area contributed by atoms with Crippen LogP contribution < -0.4 is 5.32 Å². The Kier molecular flexibility index (Phi) is 6.18. The maximum absolute atomic E-state index is 11.2. The van der Waals surface area contributed by atoms with Crippen molar-refractivity contribution < 1.29 is 19.4 Å². The molecule has 0 rings (SSSR count). The van der Waals surface area contributed by atoms with E-state index in [1.807, 2.05) is 0 Å². The summed E-state index contributed by atoms with van der Waals surface area (Å²) in [6.45, 7) is 5.46. The molecule has 6 heteroatoms. The zero-order valence-electron chi connectivity index (χ0n) is 9.75. The molecule has 0 saturated heterocycles. The minimum atomic E-state index is -0.934. The monoisotopic (exact) mass is 251 g/mol. The minimum absolute atomic E-state index is 0.0701. The molecule has 0 aliphatic carbocycles. The predicted octanol–water partition coefficient (Wildman–Crippen LogP) is 1.84. The fourth-order valence-electron chi connectivity index (χ4n) is 0.970. The molecule has 0 bridgehead atoms. The molecule has 0 spiro atoms. The molecule has 0 aliphatic rings. The van der Waals surface area contributed by atoms with Crippen LogP contribution in [0.15, 0.2) is 0 Å². The molecule has 0 aromatic rings. The number of carbonyl (C=O) groups excluding carboxylic acids is 1. The van der Waals surface area contributed by atoms with Crippen molar-refractivity contribution in [2.24, 2.45) is 5.92 Å². The van der Waals surface area contributed by atoms with E-state index in [0.717, 1.165) is 0 Å². The van der Waals surface area contributed by atoms with E-state index >= 15 is 0 Å². The number of aliphatic carboxylic acids is 1. The zero-order valence-corrected chi connectivity index (χ0v) is 10.5. The average Bonchev–Trinajstić information content (AvgIpc) is 2.08. The highest BCUT2D eigenvalue weighted by Crippen LogP contribution is 2.08. The van der Waals surface area contributed by atoms with Crippen molar-refractivity contribution in [1.82, 2.24) is 5.32 Å². The summed E-state index contributed by atoms with van der Waals surface area (Å²) in [5.41, 5.74) is -0.562. The van der Waals surface area contributed by atoms with Gasteiger partial charge in [0.2, 0.25) is 0 Å². The number of halogens is 1. The highest BCUT2D eigenvalue weighted by atomic mass is 35.5. The van der Waals surface area contributed by atoms with E-state index in [9.17, 15) is 9.59 Å². The number of hydrogen-bond acceptors (Lipinski definition) is 3. The minimum Gasteiger partial charge on any atom is -0.481 e. The van der Waals surface area contributed by atoms with Crippen LogP contribution in [0.3, 0.4) is 0 Å². The van der Waals surface area contributed by atoms with Gasteiger partial charge in [-0.2, -0.15) is 0 Å². The van der Waals surface area contributed by atoms with E-state index in [1.54, 1.807) is 20.8 Å². The molecule has 2 N–H and O–H groups in total. The second-order valence-electron chi connectivity index (χ2n) is 4.50. The van der Waals surface area contributed by atoms with Crippen molar-refractivity contribution in [2.45, 2.75) is 32.8 Å². The SMILES string of the molecule is CC(C)(C)OC(=O)NC[C@@H](CCl)CC(=O)O. The molecular formula is C10H18ClNO4. The first-order valence-electron chi connectivity index (χ1n) is 4.99. The molecule has 0 radical (unpaired) electrons. The van der Waals surface area contributed by atoms with E-state index in [0.29, 0.717) is 0 Å². The molecule has 0 unspecified atom stereocenters. The smallest absolute Gasteiger partial charge is 0.407 e. The Morgan fingerprint density at radius 3 is 2.38 bits per heavy atom. The maximum Gasteiger partial charge on any atom is 0.407 e. The number of hydrogen-bond donors (Lipinski definition) is 2. The van der Waals surface area contributed by atoms with Crippen LogP contribution in [0.2, 0.25) is 0 Å².